The zero-order chi connectivity index (χ0) is 15.7. The molecule has 2 saturated heterocycles. The molecule has 2 unspecified atom stereocenters. The van der Waals surface area contributed by atoms with Crippen molar-refractivity contribution in [2.45, 2.75) is 49.5 Å². The summed E-state index contributed by atoms with van der Waals surface area (Å²) in [7, 11) is 2.02. The topological polar surface area (TPSA) is 70.0 Å². The van der Waals surface area contributed by atoms with Crippen molar-refractivity contribution in [2.24, 2.45) is 0 Å². The Labute approximate surface area is 130 Å². The van der Waals surface area contributed by atoms with E-state index in [9.17, 15) is 15.0 Å². The Morgan fingerprint density at radius 3 is 2.68 bits per heavy atom. The van der Waals surface area contributed by atoms with Gasteiger partial charge in [-0.15, -0.1) is 0 Å². The van der Waals surface area contributed by atoms with Gasteiger partial charge in [0.15, 0.2) is 0 Å². The standard InChI is InChI=1S/C17H23NO4/c1-18-12-7-13(9-15(18)16(20)8-12)22-17(21)14(10-19)11-5-3-2-4-6-11/h2-6,12-16,19-20H,7-10H2,1H3/t12-,13-,14?,15+,16?/m0/s1. The molecule has 22 heavy (non-hydrogen) atoms. The van der Waals surface area contributed by atoms with Gasteiger partial charge in [0.2, 0.25) is 0 Å². The summed E-state index contributed by atoms with van der Waals surface area (Å²) in [6, 6.07) is 9.56. The summed E-state index contributed by atoms with van der Waals surface area (Å²) in [4.78, 5) is 14.6. The van der Waals surface area contributed by atoms with Crippen LogP contribution in [0, 0.1) is 0 Å². The molecule has 5 nitrogen and oxygen atoms in total. The average molecular weight is 305 g/mol. The fourth-order valence-corrected chi connectivity index (χ4v) is 3.74. The molecule has 5 atom stereocenters. The van der Waals surface area contributed by atoms with Crippen molar-refractivity contribution in [1.82, 2.24) is 4.90 Å². The van der Waals surface area contributed by atoms with E-state index in [0.717, 1.165) is 18.4 Å². The van der Waals surface area contributed by atoms with Gasteiger partial charge in [-0.25, -0.2) is 0 Å². The lowest BCUT2D eigenvalue weighted by Gasteiger charge is -2.36. The molecule has 2 bridgehead atoms. The van der Waals surface area contributed by atoms with Crippen molar-refractivity contribution >= 4 is 5.97 Å². The molecule has 3 rings (SSSR count). The third-order valence-electron chi connectivity index (χ3n) is 5.05. The van der Waals surface area contributed by atoms with Crippen LogP contribution in [0.4, 0.5) is 0 Å². The number of likely N-dealkylation sites (N-methyl/N-ethyl adjacent to an activating group) is 1. The van der Waals surface area contributed by atoms with Crippen LogP contribution in [0.1, 0.15) is 30.7 Å². The molecule has 0 spiro atoms. The molecule has 2 fully saturated rings. The summed E-state index contributed by atoms with van der Waals surface area (Å²) >= 11 is 0. The number of rotatable bonds is 4. The molecule has 0 radical (unpaired) electrons. The first-order chi connectivity index (χ1) is 10.6. The number of nitrogens with zero attached hydrogens (tertiary/aromatic N) is 1. The lowest BCUT2D eigenvalue weighted by Crippen LogP contribution is -2.45. The number of esters is 1. The minimum absolute atomic E-state index is 0.0702. The summed E-state index contributed by atoms with van der Waals surface area (Å²) in [5.41, 5.74) is 0.769. The number of carbonyl (C=O) groups is 1. The molecule has 5 heteroatoms. The molecule has 2 aliphatic heterocycles. The quantitative estimate of drug-likeness (QED) is 0.809. The van der Waals surface area contributed by atoms with Gasteiger partial charge >= 0.3 is 5.97 Å². The van der Waals surface area contributed by atoms with E-state index in [2.05, 4.69) is 4.90 Å². The number of aliphatic hydroxyl groups is 2. The van der Waals surface area contributed by atoms with E-state index < -0.39 is 5.92 Å². The molecule has 0 saturated carbocycles. The van der Waals surface area contributed by atoms with E-state index in [-0.39, 0.29) is 36.9 Å². The molecule has 2 N–H and O–H groups in total. The van der Waals surface area contributed by atoms with Crippen LogP contribution in [-0.2, 0) is 9.53 Å². The maximum atomic E-state index is 12.4. The highest BCUT2D eigenvalue weighted by Crippen LogP contribution is 2.36. The SMILES string of the molecule is CN1[C@@H]2CC(O)[C@H]1C[C@@H](OC(=O)C(CO)c1ccccc1)C2. The number of ether oxygens (including phenoxy) is 1. The van der Waals surface area contributed by atoms with Crippen LogP contribution in [0.25, 0.3) is 0 Å². The van der Waals surface area contributed by atoms with Crippen molar-refractivity contribution in [1.29, 1.82) is 0 Å². The van der Waals surface area contributed by atoms with Crippen molar-refractivity contribution in [3.8, 4) is 0 Å². The lowest BCUT2D eigenvalue weighted by atomic mass is 9.98. The highest BCUT2D eigenvalue weighted by molar-refractivity contribution is 5.78. The van der Waals surface area contributed by atoms with Crippen molar-refractivity contribution in [3.63, 3.8) is 0 Å². The maximum Gasteiger partial charge on any atom is 0.316 e. The van der Waals surface area contributed by atoms with Gasteiger partial charge in [0.05, 0.1) is 12.7 Å². The molecule has 0 aliphatic carbocycles. The number of benzene rings is 1. The average Bonchev–Trinajstić information content (AvgIpc) is 2.68. The van der Waals surface area contributed by atoms with E-state index in [0.29, 0.717) is 6.42 Å². The van der Waals surface area contributed by atoms with Gasteiger partial charge in [-0.3, -0.25) is 9.69 Å². The van der Waals surface area contributed by atoms with Crippen molar-refractivity contribution < 1.29 is 19.7 Å². The van der Waals surface area contributed by atoms with Crippen molar-refractivity contribution in [3.05, 3.63) is 35.9 Å². The molecule has 0 aromatic heterocycles. The largest absolute Gasteiger partial charge is 0.462 e. The van der Waals surface area contributed by atoms with E-state index in [4.69, 9.17) is 4.74 Å². The monoisotopic (exact) mass is 305 g/mol. The third kappa shape index (κ3) is 2.89. The number of hydrogen-bond acceptors (Lipinski definition) is 5. The second kappa shape index (κ2) is 6.36. The predicted molar refractivity (Wildman–Crippen MR) is 81.3 cm³/mol. The van der Waals surface area contributed by atoms with Crippen LogP contribution in [0.15, 0.2) is 30.3 Å². The lowest BCUT2D eigenvalue weighted by molar-refractivity contribution is -0.155. The Bertz CT molecular complexity index is 521. The Morgan fingerprint density at radius 1 is 1.32 bits per heavy atom. The Hall–Kier alpha value is -1.43. The summed E-state index contributed by atoms with van der Waals surface area (Å²) in [6.45, 7) is -0.259. The zero-order valence-corrected chi connectivity index (χ0v) is 12.8. The summed E-state index contributed by atoms with van der Waals surface area (Å²) in [5, 5.41) is 19.6. The molecule has 0 amide bonds. The molecule has 2 aliphatic rings. The van der Waals surface area contributed by atoms with Crippen LogP contribution < -0.4 is 0 Å². The second-order valence-corrected chi connectivity index (χ2v) is 6.37. The van der Waals surface area contributed by atoms with E-state index in [1.807, 2.05) is 37.4 Å². The zero-order valence-electron chi connectivity index (χ0n) is 12.8. The highest BCUT2D eigenvalue weighted by atomic mass is 16.5. The number of hydrogen-bond donors (Lipinski definition) is 2. The Balaban J connectivity index is 1.65. The Morgan fingerprint density at radius 2 is 2.05 bits per heavy atom. The smallest absolute Gasteiger partial charge is 0.316 e. The van der Waals surface area contributed by atoms with Gasteiger partial charge in [0.25, 0.3) is 0 Å². The molecular weight excluding hydrogens is 282 g/mol. The molecular formula is C17H23NO4. The second-order valence-electron chi connectivity index (χ2n) is 6.37. The van der Waals surface area contributed by atoms with Crippen LogP contribution >= 0.6 is 0 Å². The minimum atomic E-state index is -0.636. The number of fused-ring (bicyclic) bond motifs is 2. The maximum absolute atomic E-state index is 12.4. The van der Waals surface area contributed by atoms with E-state index in [1.54, 1.807) is 0 Å². The van der Waals surface area contributed by atoms with Gasteiger partial charge in [-0.2, -0.15) is 0 Å². The Kier molecular flexibility index (Phi) is 4.47. The first kappa shape index (κ1) is 15.5. The first-order valence-electron chi connectivity index (χ1n) is 7.86. The van der Waals surface area contributed by atoms with Crippen LogP contribution in [0.5, 0.6) is 0 Å². The van der Waals surface area contributed by atoms with Gasteiger partial charge in [-0.1, -0.05) is 30.3 Å². The van der Waals surface area contributed by atoms with Crippen LogP contribution in [0.2, 0.25) is 0 Å². The molecule has 120 valence electrons. The number of carbonyl (C=O) groups excluding carboxylic acids is 1. The normalized spacial score (nSPS) is 32.7. The molecule has 2 heterocycles. The summed E-state index contributed by atoms with van der Waals surface area (Å²) < 4.78 is 5.64. The number of piperidine rings is 1. The molecule has 1 aromatic carbocycles. The highest BCUT2D eigenvalue weighted by Gasteiger charge is 2.45. The summed E-state index contributed by atoms with van der Waals surface area (Å²) in [5.74, 6) is -1.01. The first-order valence-corrected chi connectivity index (χ1v) is 7.86. The molecule has 1 aromatic rings. The van der Waals surface area contributed by atoms with Crippen molar-refractivity contribution in [2.75, 3.05) is 13.7 Å². The fourth-order valence-electron chi connectivity index (χ4n) is 3.74. The van der Waals surface area contributed by atoms with E-state index in [1.165, 1.54) is 0 Å². The van der Waals surface area contributed by atoms with Gasteiger partial charge in [-0.05, 0) is 19.0 Å². The summed E-state index contributed by atoms with van der Waals surface area (Å²) in [6.07, 6.45) is 1.66. The fraction of sp³-hybridized carbons (Fsp3) is 0.588. The number of aliphatic hydroxyl groups excluding tert-OH is 2. The van der Waals surface area contributed by atoms with Gasteiger partial charge in [0, 0.05) is 24.9 Å². The van der Waals surface area contributed by atoms with E-state index >= 15 is 0 Å². The minimum Gasteiger partial charge on any atom is -0.462 e. The van der Waals surface area contributed by atoms with Gasteiger partial charge < -0.3 is 14.9 Å². The van der Waals surface area contributed by atoms with Crippen LogP contribution in [0.3, 0.4) is 0 Å². The van der Waals surface area contributed by atoms with Gasteiger partial charge in [0.1, 0.15) is 12.0 Å². The predicted octanol–water partition coefficient (Wildman–Crippen LogP) is 0.902. The van der Waals surface area contributed by atoms with Crippen LogP contribution in [-0.4, -0.2) is 59.0 Å². The third-order valence-corrected chi connectivity index (χ3v) is 5.05.